The number of hydrogen-bond acceptors (Lipinski definition) is 4. The maximum Gasteiger partial charge on any atom is 0.245 e. The van der Waals surface area contributed by atoms with Crippen LogP contribution in [-0.2, 0) is 20.9 Å². The lowest BCUT2D eigenvalue weighted by Gasteiger charge is -2.28. The van der Waals surface area contributed by atoms with E-state index in [0.29, 0.717) is 44.0 Å². The zero-order chi connectivity index (χ0) is 26.9. The SMILES string of the molecule is CCCCC(C(N)=O)C(CC1CC1)C(=O)N[C@H]1CCCCN(Cc2cccc(Oc3ccccc3)c2)C1=O. The van der Waals surface area contributed by atoms with Crippen molar-refractivity contribution in [1.82, 2.24) is 10.2 Å². The van der Waals surface area contributed by atoms with E-state index in [4.69, 9.17) is 10.5 Å². The number of nitrogens with zero attached hydrogens (tertiary/aromatic N) is 1. The van der Waals surface area contributed by atoms with E-state index in [2.05, 4.69) is 12.2 Å². The number of ether oxygens (including phenoxy) is 1. The molecule has 2 aliphatic rings. The predicted octanol–water partition coefficient (Wildman–Crippen LogP) is 5.18. The lowest BCUT2D eigenvalue weighted by Crippen LogP contribution is -2.50. The van der Waals surface area contributed by atoms with Gasteiger partial charge in [-0.1, -0.05) is 62.9 Å². The molecular weight excluding hydrogens is 478 g/mol. The number of primary amides is 1. The first-order valence-electron chi connectivity index (χ1n) is 14.1. The van der Waals surface area contributed by atoms with Gasteiger partial charge in [-0.2, -0.15) is 0 Å². The Morgan fingerprint density at radius 1 is 1.03 bits per heavy atom. The quantitative estimate of drug-likeness (QED) is 0.380. The van der Waals surface area contributed by atoms with Crippen LogP contribution in [0, 0.1) is 17.8 Å². The minimum atomic E-state index is -0.588. The molecule has 7 heteroatoms. The summed E-state index contributed by atoms with van der Waals surface area (Å²) in [6.45, 7) is 3.15. The number of benzene rings is 2. The van der Waals surface area contributed by atoms with Crippen molar-refractivity contribution >= 4 is 17.7 Å². The lowest BCUT2D eigenvalue weighted by molar-refractivity contribution is -0.139. The number of carbonyl (C=O) groups is 3. The van der Waals surface area contributed by atoms with Crippen molar-refractivity contribution in [2.24, 2.45) is 23.5 Å². The number of carbonyl (C=O) groups excluding carboxylic acids is 3. The fourth-order valence-electron chi connectivity index (χ4n) is 5.36. The first-order valence-corrected chi connectivity index (χ1v) is 14.1. The van der Waals surface area contributed by atoms with Crippen molar-refractivity contribution in [1.29, 1.82) is 0 Å². The molecule has 0 spiro atoms. The molecule has 1 saturated carbocycles. The summed E-state index contributed by atoms with van der Waals surface area (Å²) in [4.78, 5) is 41.3. The van der Waals surface area contributed by atoms with Gasteiger partial charge in [0, 0.05) is 24.9 Å². The summed E-state index contributed by atoms with van der Waals surface area (Å²) in [6, 6.07) is 16.8. The van der Waals surface area contributed by atoms with E-state index in [1.807, 2.05) is 59.5 Å². The van der Waals surface area contributed by atoms with Crippen LogP contribution < -0.4 is 15.8 Å². The van der Waals surface area contributed by atoms with Crippen LogP contribution in [-0.4, -0.2) is 35.2 Å². The molecule has 0 bridgehead atoms. The Morgan fingerprint density at radius 2 is 1.79 bits per heavy atom. The number of nitrogens with one attached hydrogen (secondary N) is 1. The first kappa shape index (κ1) is 27.7. The van der Waals surface area contributed by atoms with Crippen molar-refractivity contribution in [2.75, 3.05) is 6.54 Å². The third kappa shape index (κ3) is 7.83. The normalized spacial score (nSPS) is 19.3. The predicted molar refractivity (Wildman–Crippen MR) is 147 cm³/mol. The Balaban J connectivity index is 1.43. The van der Waals surface area contributed by atoms with Crippen molar-refractivity contribution < 1.29 is 19.1 Å². The monoisotopic (exact) mass is 519 g/mol. The maximum absolute atomic E-state index is 13.6. The zero-order valence-electron chi connectivity index (χ0n) is 22.4. The molecule has 1 saturated heterocycles. The molecule has 3 atom stereocenters. The summed E-state index contributed by atoms with van der Waals surface area (Å²) < 4.78 is 5.97. The average Bonchev–Trinajstić information content (AvgIpc) is 3.74. The highest BCUT2D eigenvalue weighted by molar-refractivity contribution is 5.91. The third-order valence-corrected chi connectivity index (χ3v) is 7.69. The number of para-hydroxylation sites is 1. The van der Waals surface area contributed by atoms with Gasteiger partial charge in [-0.25, -0.2) is 0 Å². The summed E-state index contributed by atoms with van der Waals surface area (Å²) in [5.74, 6) is 0.310. The van der Waals surface area contributed by atoms with Gasteiger partial charge in [0.05, 0.1) is 0 Å². The summed E-state index contributed by atoms with van der Waals surface area (Å²) in [5.41, 5.74) is 6.73. The van der Waals surface area contributed by atoms with Crippen molar-refractivity contribution in [3.63, 3.8) is 0 Å². The fraction of sp³-hybridized carbons (Fsp3) is 0.516. The molecule has 2 aromatic carbocycles. The number of nitrogens with two attached hydrogens (primary N) is 1. The van der Waals surface area contributed by atoms with E-state index in [1.54, 1.807) is 0 Å². The van der Waals surface area contributed by atoms with Gasteiger partial charge in [0.25, 0.3) is 0 Å². The minimum Gasteiger partial charge on any atom is -0.457 e. The molecule has 1 heterocycles. The summed E-state index contributed by atoms with van der Waals surface area (Å²) >= 11 is 0. The van der Waals surface area contributed by atoms with E-state index in [-0.39, 0.29) is 11.8 Å². The Labute approximate surface area is 226 Å². The van der Waals surface area contributed by atoms with E-state index < -0.39 is 23.8 Å². The number of hydrogen-bond donors (Lipinski definition) is 2. The number of amides is 3. The molecule has 204 valence electrons. The number of rotatable bonds is 13. The number of unbranched alkanes of at least 4 members (excludes halogenated alkanes) is 1. The van der Waals surface area contributed by atoms with Crippen LogP contribution in [0.4, 0.5) is 0 Å². The topological polar surface area (TPSA) is 102 Å². The van der Waals surface area contributed by atoms with Gasteiger partial charge in [0.1, 0.15) is 17.5 Å². The Kier molecular flexibility index (Phi) is 9.79. The molecule has 1 aliphatic carbocycles. The highest BCUT2D eigenvalue weighted by atomic mass is 16.5. The van der Waals surface area contributed by atoms with Crippen LogP contribution in [0.3, 0.4) is 0 Å². The summed E-state index contributed by atoms with van der Waals surface area (Å²) in [5, 5.41) is 3.05. The molecular formula is C31H41N3O4. The van der Waals surface area contributed by atoms with Gasteiger partial charge in [-0.3, -0.25) is 14.4 Å². The molecule has 2 unspecified atom stereocenters. The van der Waals surface area contributed by atoms with Crippen LogP contribution in [0.1, 0.15) is 70.3 Å². The molecule has 3 N–H and O–H groups in total. The molecule has 3 amide bonds. The lowest BCUT2D eigenvalue weighted by atomic mass is 9.82. The van der Waals surface area contributed by atoms with E-state index >= 15 is 0 Å². The fourth-order valence-corrected chi connectivity index (χ4v) is 5.36. The van der Waals surface area contributed by atoms with Crippen molar-refractivity contribution in [2.45, 2.75) is 77.3 Å². The van der Waals surface area contributed by atoms with E-state index in [1.165, 1.54) is 0 Å². The van der Waals surface area contributed by atoms with Gasteiger partial charge in [-0.05, 0) is 67.9 Å². The molecule has 38 heavy (non-hydrogen) atoms. The largest absolute Gasteiger partial charge is 0.457 e. The standard InChI is InChI=1S/C31H41N3O4/c1-2-3-14-26(29(32)35)27(20-22-16-17-22)30(36)33-28-15-7-8-18-34(31(28)37)21-23-10-9-13-25(19-23)38-24-11-5-4-6-12-24/h4-6,9-13,19,22,26-28H,2-3,7-8,14-18,20-21H2,1H3,(H2,32,35)(H,33,36)/t26?,27?,28-/m0/s1. The maximum atomic E-state index is 13.6. The minimum absolute atomic E-state index is 0.0698. The second-order valence-corrected chi connectivity index (χ2v) is 10.8. The number of likely N-dealkylation sites (tertiary alicyclic amines) is 1. The van der Waals surface area contributed by atoms with Gasteiger partial charge < -0.3 is 20.7 Å². The van der Waals surface area contributed by atoms with E-state index in [9.17, 15) is 14.4 Å². The summed E-state index contributed by atoms with van der Waals surface area (Å²) in [7, 11) is 0. The molecule has 0 aromatic heterocycles. The molecule has 2 aromatic rings. The average molecular weight is 520 g/mol. The second kappa shape index (κ2) is 13.4. The van der Waals surface area contributed by atoms with Gasteiger partial charge >= 0.3 is 0 Å². The smallest absolute Gasteiger partial charge is 0.245 e. The van der Waals surface area contributed by atoms with Crippen LogP contribution in [0.5, 0.6) is 11.5 Å². The van der Waals surface area contributed by atoms with Crippen LogP contribution in [0.2, 0.25) is 0 Å². The first-order chi connectivity index (χ1) is 18.4. The van der Waals surface area contributed by atoms with Gasteiger partial charge in [0.15, 0.2) is 0 Å². The van der Waals surface area contributed by atoms with E-state index in [0.717, 1.165) is 49.8 Å². The zero-order valence-corrected chi connectivity index (χ0v) is 22.4. The Bertz CT molecular complexity index is 1090. The Morgan fingerprint density at radius 3 is 2.50 bits per heavy atom. The van der Waals surface area contributed by atoms with Crippen molar-refractivity contribution in [3.05, 3.63) is 60.2 Å². The van der Waals surface area contributed by atoms with Crippen LogP contribution in [0.15, 0.2) is 54.6 Å². The molecule has 7 nitrogen and oxygen atoms in total. The third-order valence-electron chi connectivity index (χ3n) is 7.69. The second-order valence-electron chi connectivity index (χ2n) is 10.8. The molecule has 2 fully saturated rings. The highest BCUT2D eigenvalue weighted by Gasteiger charge is 2.39. The molecule has 1 aliphatic heterocycles. The Hall–Kier alpha value is -3.35. The van der Waals surface area contributed by atoms with Gasteiger partial charge in [-0.15, -0.1) is 0 Å². The van der Waals surface area contributed by atoms with Crippen LogP contribution in [0.25, 0.3) is 0 Å². The molecule has 0 radical (unpaired) electrons. The highest BCUT2D eigenvalue weighted by Crippen LogP contribution is 2.38. The summed E-state index contributed by atoms with van der Waals surface area (Å²) in [6.07, 6.45) is 7.59. The van der Waals surface area contributed by atoms with Crippen LogP contribution >= 0.6 is 0 Å². The molecule has 4 rings (SSSR count). The van der Waals surface area contributed by atoms with Crippen molar-refractivity contribution in [3.8, 4) is 11.5 Å². The van der Waals surface area contributed by atoms with Gasteiger partial charge in [0.2, 0.25) is 17.7 Å².